The molecule has 12 heteroatoms. The van der Waals surface area contributed by atoms with E-state index in [2.05, 4.69) is 20.6 Å². The number of carbonyl (C=O) groups excluding carboxylic acids is 1. The second kappa shape index (κ2) is 5.84. The van der Waals surface area contributed by atoms with E-state index in [4.69, 9.17) is 11.6 Å². The number of imidazole rings is 1. The minimum absolute atomic E-state index is 0.135. The zero-order chi connectivity index (χ0) is 18.4. The zero-order valence-corrected chi connectivity index (χ0v) is 13.1. The number of amides is 1. The van der Waals surface area contributed by atoms with E-state index in [9.17, 15) is 22.8 Å². The van der Waals surface area contributed by atoms with Crippen LogP contribution in [0.3, 0.4) is 0 Å². The number of rotatable bonds is 2. The van der Waals surface area contributed by atoms with Crippen LogP contribution in [-0.2, 0) is 13.2 Å². The van der Waals surface area contributed by atoms with Crippen LogP contribution in [-0.4, -0.2) is 30.3 Å². The normalized spacial score (nSPS) is 11.7. The van der Waals surface area contributed by atoms with E-state index in [1.165, 1.54) is 13.1 Å². The molecule has 2 heterocycles. The van der Waals surface area contributed by atoms with E-state index in [-0.39, 0.29) is 17.0 Å². The molecule has 3 rings (SSSR count). The third-order valence-electron chi connectivity index (χ3n) is 3.27. The molecular formula is C13H8ClF3N6O2. The van der Waals surface area contributed by atoms with Crippen LogP contribution >= 0.6 is 11.6 Å². The van der Waals surface area contributed by atoms with Crippen LogP contribution in [0.2, 0.25) is 5.02 Å². The molecule has 3 aromatic rings. The molecular weight excluding hydrogens is 365 g/mol. The van der Waals surface area contributed by atoms with Crippen molar-refractivity contribution in [2.45, 2.75) is 6.18 Å². The molecule has 2 aromatic heterocycles. The van der Waals surface area contributed by atoms with E-state index in [1.807, 2.05) is 0 Å². The molecule has 0 bridgehead atoms. The summed E-state index contributed by atoms with van der Waals surface area (Å²) in [5.74, 6) is -0.883. The zero-order valence-electron chi connectivity index (χ0n) is 12.4. The molecule has 0 unspecified atom stereocenters. The van der Waals surface area contributed by atoms with Gasteiger partial charge in [-0.25, -0.2) is 14.2 Å². The van der Waals surface area contributed by atoms with E-state index in [0.717, 1.165) is 27.5 Å². The Bertz CT molecular complexity index is 1040. The van der Waals surface area contributed by atoms with Crippen LogP contribution in [0.5, 0.6) is 0 Å². The second-order valence-electron chi connectivity index (χ2n) is 4.90. The van der Waals surface area contributed by atoms with Gasteiger partial charge in [0.25, 0.3) is 5.91 Å². The second-order valence-corrected chi connectivity index (χ2v) is 5.28. The summed E-state index contributed by atoms with van der Waals surface area (Å²) >= 11 is 5.72. The number of nitrogens with zero attached hydrogens (tertiary/aromatic N) is 5. The van der Waals surface area contributed by atoms with Crippen molar-refractivity contribution in [1.82, 2.24) is 24.4 Å². The van der Waals surface area contributed by atoms with Crippen molar-refractivity contribution in [3.05, 3.63) is 51.3 Å². The smallest absolute Gasteiger partial charge is 0.319 e. The molecule has 25 heavy (non-hydrogen) atoms. The maximum atomic E-state index is 12.9. The summed E-state index contributed by atoms with van der Waals surface area (Å²) in [6.07, 6.45) is -3.61. The molecule has 1 aromatic carbocycles. The van der Waals surface area contributed by atoms with Crippen molar-refractivity contribution < 1.29 is 18.0 Å². The number of alkyl halides is 3. The van der Waals surface area contributed by atoms with Crippen LogP contribution < -0.4 is 11.0 Å². The predicted molar refractivity (Wildman–Crippen MR) is 80.4 cm³/mol. The lowest BCUT2D eigenvalue weighted by molar-refractivity contribution is -0.137. The van der Waals surface area contributed by atoms with Gasteiger partial charge in [0.15, 0.2) is 11.3 Å². The lowest BCUT2D eigenvalue weighted by Crippen LogP contribution is -2.27. The number of hydrogen-bond acceptors (Lipinski definition) is 5. The summed E-state index contributed by atoms with van der Waals surface area (Å²) in [5, 5.41) is 8.78. The first kappa shape index (κ1) is 16.9. The van der Waals surface area contributed by atoms with Gasteiger partial charge in [-0.2, -0.15) is 17.9 Å². The number of halogens is 4. The van der Waals surface area contributed by atoms with Crippen LogP contribution in [0.25, 0.3) is 5.65 Å². The number of nitrogens with one attached hydrogen (secondary N) is 1. The van der Waals surface area contributed by atoms with Gasteiger partial charge >= 0.3 is 11.9 Å². The number of anilines is 1. The SMILES string of the molecule is Cn1nnc2c(C(=O)Nc3cccc(C(F)(F)F)c3Cl)ncn2c1=O. The van der Waals surface area contributed by atoms with Gasteiger partial charge < -0.3 is 5.32 Å². The molecule has 0 aliphatic rings. The average Bonchev–Trinajstić information content (AvgIpc) is 2.96. The largest absolute Gasteiger partial charge is 0.417 e. The van der Waals surface area contributed by atoms with Gasteiger partial charge in [0.1, 0.15) is 6.33 Å². The Kier molecular flexibility index (Phi) is 3.95. The van der Waals surface area contributed by atoms with Crippen LogP contribution in [0, 0.1) is 0 Å². The van der Waals surface area contributed by atoms with E-state index < -0.39 is 28.4 Å². The molecule has 0 saturated heterocycles. The quantitative estimate of drug-likeness (QED) is 0.739. The highest BCUT2D eigenvalue weighted by Crippen LogP contribution is 2.38. The fourth-order valence-electron chi connectivity index (χ4n) is 2.07. The van der Waals surface area contributed by atoms with Gasteiger partial charge in [-0.3, -0.25) is 4.79 Å². The molecule has 8 nitrogen and oxygen atoms in total. The highest BCUT2D eigenvalue weighted by Gasteiger charge is 2.34. The van der Waals surface area contributed by atoms with Gasteiger partial charge in [0.2, 0.25) is 0 Å². The Morgan fingerprint density at radius 2 is 2.04 bits per heavy atom. The summed E-state index contributed by atoms with van der Waals surface area (Å²) in [6.45, 7) is 0. The van der Waals surface area contributed by atoms with Crippen molar-refractivity contribution in [2.24, 2.45) is 7.05 Å². The molecule has 1 amide bonds. The lowest BCUT2D eigenvalue weighted by atomic mass is 10.2. The fourth-order valence-corrected chi connectivity index (χ4v) is 2.35. The number of benzene rings is 1. The Morgan fingerprint density at radius 1 is 1.32 bits per heavy atom. The van der Waals surface area contributed by atoms with Gasteiger partial charge in [0.05, 0.1) is 16.3 Å². The highest BCUT2D eigenvalue weighted by atomic mass is 35.5. The van der Waals surface area contributed by atoms with E-state index >= 15 is 0 Å². The average molecular weight is 373 g/mol. The Labute approximate surface area is 141 Å². The first-order chi connectivity index (χ1) is 11.7. The summed E-state index contributed by atoms with van der Waals surface area (Å²) < 4.78 is 40.5. The van der Waals surface area contributed by atoms with Gasteiger partial charge in [0, 0.05) is 7.05 Å². The van der Waals surface area contributed by atoms with E-state index in [1.54, 1.807) is 0 Å². The third-order valence-corrected chi connectivity index (χ3v) is 3.67. The molecule has 130 valence electrons. The summed E-state index contributed by atoms with van der Waals surface area (Å²) in [7, 11) is 1.36. The van der Waals surface area contributed by atoms with E-state index in [0.29, 0.717) is 0 Å². The molecule has 0 aliphatic carbocycles. The van der Waals surface area contributed by atoms with Crippen LogP contribution in [0.1, 0.15) is 16.1 Å². The summed E-state index contributed by atoms with van der Waals surface area (Å²) in [6, 6.07) is 3.10. The Morgan fingerprint density at radius 3 is 2.72 bits per heavy atom. The van der Waals surface area contributed by atoms with Crippen LogP contribution in [0.15, 0.2) is 29.3 Å². The number of fused-ring (bicyclic) bond motifs is 1. The lowest BCUT2D eigenvalue weighted by Gasteiger charge is -2.12. The summed E-state index contributed by atoms with van der Waals surface area (Å²) in [4.78, 5) is 27.9. The van der Waals surface area contributed by atoms with Crippen molar-refractivity contribution in [1.29, 1.82) is 0 Å². The molecule has 0 spiro atoms. The van der Waals surface area contributed by atoms with Crippen molar-refractivity contribution in [3.63, 3.8) is 0 Å². The number of aromatic nitrogens is 5. The molecule has 0 radical (unpaired) electrons. The highest BCUT2D eigenvalue weighted by molar-refractivity contribution is 6.34. The van der Waals surface area contributed by atoms with Crippen molar-refractivity contribution in [3.8, 4) is 0 Å². The standard InChI is InChI=1S/C13H8ClF3N6O2/c1-22-12(25)23-5-18-9(10(23)20-21-22)11(24)19-7-4-2-3-6(8(7)14)13(15,16)17/h2-5H,1H3,(H,19,24). The minimum atomic E-state index is -4.67. The maximum absolute atomic E-state index is 12.9. The van der Waals surface area contributed by atoms with Gasteiger partial charge in [-0.1, -0.05) is 22.9 Å². The Hall–Kier alpha value is -2.95. The Balaban J connectivity index is 1.99. The molecule has 1 N–H and O–H groups in total. The number of aryl methyl sites for hydroxylation is 1. The number of carbonyl (C=O) groups is 1. The first-order valence-corrected chi connectivity index (χ1v) is 7.02. The molecule has 0 aliphatic heterocycles. The molecule has 0 saturated carbocycles. The van der Waals surface area contributed by atoms with Gasteiger partial charge in [-0.05, 0) is 12.1 Å². The van der Waals surface area contributed by atoms with Gasteiger partial charge in [-0.15, -0.1) is 5.10 Å². The number of hydrogen-bond donors (Lipinski definition) is 1. The maximum Gasteiger partial charge on any atom is 0.417 e. The fraction of sp³-hybridized carbons (Fsp3) is 0.154. The first-order valence-electron chi connectivity index (χ1n) is 6.64. The van der Waals surface area contributed by atoms with Crippen molar-refractivity contribution in [2.75, 3.05) is 5.32 Å². The topological polar surface area (TPSA) is 94.2 Å². The molecule has 0 atom stereocenters. The summed E-state index contributed by atoms with van der Waals surface area (Å²) in [5.41, 5.74) is -2.34. The molecule has 0 fully saturated rings. The predicted octanol–water partition coefficient (Wildman–Crippen LogP) is 1.75. The third kappa shape index (κ3) is 2.93. The van der Waals surface area contributed by atoms with Crippen molar-refractivity contribution >= 4 is 28.8 Å². The monoisotopic (exact) mass is 372 g/mol. The van der Waals surface area contributed by atoms with Crippen LogP contribution in [0.4, 0.5) is 18.9 Å². The minimum Gasteiger partial charge on any atom is -0.319 e.